The summed E-state index contributed by atoms with van der Waals surface area (Å²) in [5, 5.41) is 12.9. The van der Waals surface area contributed by atoms with E-state index < -0.39 is 0 Å². The van der Waals surface area contributed by atoms with Crippen LogP contribution in [-0.4, -0.2) is 29.8 Å². The molecule has 104 valence electrons. The number of rotatable bonds is 9. The van der Waals surface area contributed by atoms with Crippen molar-refractivity contribution in [3.63, 3.8) is 0 Å². The van der Waals surface area contributed by atoms with E-state index in [1.807, 2.05) is 0 Å². The highest BCUT2D eigenvalue weighted by Crippen LogP contribution is 2.23. The summed E-state index contributed by atoms with van der Waals surface area (Å²) in [6.45, 7) is 11.8. The van der Waals surface area contributed by atoms with Gasteiger partial charge in [0, 0.05) is 24.7 Å². The van der Waals surface area contributed by atoms with Gasteiger partial charge in [-0.1, -0.05) is 34.1 Å². The summed E-state index contributed by atoms with van der Waals surface area (Å²) < 4.78 is 0. The van der Waals surface area contributed by atoms with Crippen molar-refractivity contribution in [2.75, 3.05) is 13.2 Å². The Kier molecular flexibility index (Phi) is 8.01. The van der Waals surface area contributed by atoms with Crippen LogP contribution in [0.5, 0.6) is 0 Å². The third-order valence-corrected chi connectivity index (χ3v) is 4.18. The van der Waals surface area contributed by atoms with Gasteiger partial charge in [0.25, 0.3) is 0 Å². The molecule has 17 heavy (non-hydrogen) atoms. The van der Waals surface area contributed by atoms with Gasteiger partial charge in [0.1, 0.15) is 0 Å². The first-order valence-electron chi connectivity index (χ1n) is 7.03. The Morgan fingerprint density at radius 1 is 1.24 bits per heavy atom. The van der Waals surface area contributed by atoms with Crippen LogP contribution < -0.4 is 11.1 Å². The molecule has 0 bridgehead atoms. The summed E-state index contributed by atoms with van der Waals surface area (Å²) in [4.78, 5) is 0. The van der Waals surface area contributed by atoms with Gasteiger partial charge in [0.2, 0.25) is 0 Å². The van der Waals surface area contributed by atoms with E-state index in [2.05, 4.69) is 39.9 Å². The fourth-order valence-electron chi connectivity index (χ4n) is 2.19. The molecule has 4 N–H and O–H groups in total. The van der Waals surface area contributed by atoms with Crippen LogP contribution in [0.3, 0.4) is 0 Å². The van der Waals surface area contributed by atoms with Gasteiger partial charge >= 0.3 is 0 Å². The lowest BCUT2D eigenvalue weighted by atomic mass is 9.83. The van der Waals surface area contributed by atoms with E-state index in [-0.39, 0.29) is 18.1 Å². The lowest BCUT2D eigenvalue weighted by Gasteiger charge is -2.39. The Morgan fingerprint density at radius 2 is 1.82 bits per heavy atom. The van der Waals surface area contributed by atoms with Crippen molar-refractivity contribution in [2.45, 2.75) is 65.5 Å². The third kappa shape index (κ3) is 5.36. The molecule has 0 amide bonds. The van der Waals surface area contributed by atoms with Crippen molar-refractivity contribution >= 4 is 0 Å². The summed E-state index contributed by atoms with van der Waals surface area (Å²) >= 11 is 0. The molecule has 0 radical (unpaired) electrons. The molecule has 3 nitrogen and oxygen atoms in total. The van der Waals surface area contributed by atoms with Crippen molar-refractivity contribution in [2.24, 2.45) is 17.6 Å². The van der Waals surface area contributed by atoms with Crippen LogP contribution in [0.2, 0.25) is 0 Å². The van der Waals surface area contributed by atoms with Crippen molar-refractivity contribution in [1.29, 1.82) is 0 Å². The van der Waals surface area contributed by atoms with E-state index in [1.165, 1.54) is 6.42 Å². The fourth-order valence-corrected chi connectivity index (χ4v) is 2.19. The number of aliphatic hydroxyl groups excluding tert-OH is 1. The summed E-state index contributed by atoms with van der Waals surface area (Å²) in [7, 11) is 0. The van der Waals surface area contributed by atoms with Gasteiger partial charge in [0.15, 0.2) is 0 Å². The molecule has 0 aliphatic heterocycles. The molecule has 3 heteroatoms. The largest absolute Gasteiger partial charge is 0.396 e. The number of hydrogen-bond acceptors (Lipinski definition) is 3. The minimum atomic E-state index is 0.0261. The lowest BCUT2D eigenvalue weighted by Crippen LogP contribution is -2.56. The van der Waals surface area contributed by atoms with Crippen molar-refractivity contribution in [1.82, 2.24) is 5.32 Å². The maximum absolute atomic E-state index is 9.20. The first-order chi connectivity index (χ1) is 7.94. The first-order valence-corrected chi connectivity index (χ1v) is 7.03. The SMILES string of the molecule is CCC(C)CC(CC)(CN)NC(C)C(C)CO. The van der Waals surface area contributed by atoms with Gasteiger partial charge in [0.05, 0.1) is 0 Å². The minimum Gasteiger partial charge on any atom is -0.396 e. The molecule has 0 spiro atoms. The average molecular weight is 244 g/mol. The lowest BCUT2D eigenvalue weighted by molar-refractivity contribution is 0.163. The summed E-state index contributed by atoms with van der Waals surface area (Å²) in [5.74, 6) is 0.951. The van der Waals surface area contributed by atoms with Crippen molar-refractivity contribution in [3.8, 4) is 0 Å². The minimum absolute atomic E-state index is 0.0261. The van der Waals surface area contributed by atoms with E-state index >= 15 is 0 Å². The highest BCUT2D eigenvalue weighted by molar-refractivity contribution is 4.92. The first kappa shape index (κ1) is 16.9. The number of nitrogens with two attached hydrogens (primary N) is 1. The summed E-state index contributed by atoms with van der Waals surface area (Å²) in [6, 6.07) is 0.299. The Hall–Kier alpha value is -0.120. The monoisotopic (exact) mass is 244 g/mol. The second kappa shape index (κ2) is 8.06. The van der Waals surface area contributed by atoms with Gasteiger partial charge in [-0.2, -0.15) is 0 Å². The predicted octanol–water partition coefficient (Wildman–Crippen LogP) is 2.14. The third-order valence-electron chi connectivity index (χ3n) is 4.18. The van der Waals surface area contributed by atoms with Crippen LogP contribution in [0.15, 0.2) is 0 Å². The van der Waals surface area contributed by atoms with Crippen LogP contribution in [0.25, 0.3) is 0 Å². The van der Waals surface area contributed by atoms with Crippen LogP contribution in [-0.2, 0) is 0 Å². The smallest absolute Gasteiger partial charge is 0.0471 e. The van der Waals surface area contributed by atoms with Gasteiger partial charge in [-0.05, 0) is 31.6 Å². The standard InChI is InChI=1S/C14H32N2O/c1-6-11(3)8-14(7-2,10-15)16-13(5)12(4)9-17/h11-13,16-17H,6-10,15H2,1-5H3. The van der Waals surface area contributed by atoms with E-state index in [0.29, 0.717) is 18.5 Å². The molecule has 0 heterocycles. The zero-order valence-corrected chi connectivity index (χ0v) is 12.3. The molecule has 0 rings (SSSR count). The van der Waals surface area contributed by atoms with E-state index in [4.69, 9.17) is 5.73 Å². The molecule has 0 saturated heterocycles. The second-order valence-electron chi connectivity index (χ2n) is 5.65. The molecule has 0 aliphatic rings. The number of hydrogen-bond donors (Lipinski definition) is 3. The number of nitrogens with one attached hydrogen (secondary N) is 1. The molecule has 0 fully saturated rings. The zero-order valence-electron chi connectivity index (χ0n) is 12.3. The molecular formula is C14H32N2O. The van der Waals surface area contributed by atoms with E-state index in [0.717, 1.165) is 12.8 Å². The molecule has 0 aromatic heterocycles. The van der Waals surface area contributed by atoms with Crippen LogP contribution in [0, 0.1) is 11.8 Å². The molecule has 0 aromatic rings. The highest BCUT2D eigenvalue weighted by Gasteiger charge is 2.30. The second-order valence-corrected chi connectivity index (χ2v) is 5.65. The fraction of sp³-hybridized carbons (Fsp3) is 1.00. The quantitative estimate of drug-likeness (QED) is 0.582. The van der Waals surface area contributed by atoms with Crippen LogP contribution in [0.1, 0.15) is 53.9 Å². The van der Waals surface area contributed by atoms with Gasteiger partial charge in [-0.15, -0.1) is 0 Å². The van der Waals surface area contributed by atoms with Crippen LogP contribution >= 0.6 is 0 Å². The van der Waals surface area contributed by atoms with Crippen molar-refractivity contribution in [3.05, 3.63) is 0 Å². The normalized spacial score (nSPS) is 20.6. The molecule has 0 saturated carbocycles. The number of aliphatic hydroxyl groups is 1. The van der Waals surface area contributed by atoms with Gasteiger partial charge < -0.3 is 16.2 Å². The predicted molar refractivity (Wildman–Crippen MR) is 75.0 cm³/mol. The molecule has 0 aromatic carbocycles. The topological polar surface area (TPSA) is 58.3 Å². The highest BCUT2D eigenvalue weighted by atomic mass is 16.3. The van der Waals surface area contributed by atoms with Gasteiger partial charge in [-0.25, -0.2) is 0 Å². The summed E-state index contributed by atoms with van der Waals surface area (Å²) in [5.41, 5.74) is 6.01. The Labute approximate surface area is 107 Å². The Morgan fingerprint density at radius 3 is 2.18 bits per heavy atom. The molecule has 0 aliphatic carbocycles. The van der Waals surface area contributed by atoms with Crippen LogP contribution in [0.4, 0.5) is 0 Å². The maximum Gasteiger partial charge on any atom is 0.0471 e. The molecular weight excluding hydrogens is 212 g/mol. The average Bonchev–Trinajstić information content (AvgIpc) is 2.36. The molecule has 4 unspecified atom stereocenters. The van der Waals surface area contributed by atoms with E-state index in [1.54, 1.807) is 0 Å². The molecule has 4 atom stereocenters. The Balaban J connectivity index is 4.59. The van der Waals surface area contributed by atoms with Crippen molar-refractivity contribution < 1.29 is 5.11 Å². The maximum atomic E-state index is 9.20. The van der Waals surface area contributed by atoms with E-state index in [9.17, 15) is 5.11 Å². The summed E-state index contributed by atoms with van der Waals surface area (Å²) in [6.07, 6.45) is 3.34. The Bertz CT molecular complexity index is 193. The zero-order chi connectivity index (χ0) is 13.5. The van der Waals surface area contributed by atoms with Gasteiger partial charge in [-0.3, -0.25) is 0 Å².